The first-order valence-corrected chi connectivity index (χ1v) is 16.4. The SMILES string of the molecule is O=C(CCCC[C@@H]1SC[C@@H]2NC(=O)N[C@@H]21)NCCOCCOc1ccc2cc3[n+](cc2c1O)CCc1cc2c(cc1-3)OCO2. The molecule has 4 N–H and O–H groups in total. The fourth-order valence-electron chi connectivity index (χ4n) is 6.46. The molecular weight excluding hydrogens is 584 g/mol. The number of rotatable bonds is 12. The van der Waals surface area contributed by atoms with Crippen molar-refractivity contribution in [2.75, 3.05) is 38.9 Å². The molecule has 0 unspecified atom stereocenters. The van der Waals surface area contributed by atoms with Gasteiger partial charge in [-0.25, -0.2) is 4.79 Å². The van der Waals surface area contributed by atoms with Crippen molar-refractivity contribution in [3.8, 4) is 34.3 Å². The molecule has 3 aromatic rings. The molecule has 1 aromatic heterocycles. The molecule has 0 aliphatic carbocycles. The number of amides is 3. The minimum absolute atomic E-state index is 0.0218. The third-order valence-electron chi connectivity index (χ3n) is 8.73. The van der Waals surface area contributed by atoms with E-state index in [1.807, 2.05) is 30.1 Å². The lowest BCUT2D eigenvalue weighted by Crippen LogP contribution is -2.40. The van der Waals surface area contributed by atoms with Crippen molar-refractivity contribution in [2.24, 2.45) is 0 Å². The molecule has 232 valence electrons. The van der Waals surface area contributed by atoms with E-state index in [-0.39, 0.29) is 43.2 Å². The number of fused-ring (bicyclic) bond motifs is 6. The second-order valence-corrected chi connectivity index (χ2v) is 12.8. The fourth-order valence-corrected chi connectivity index (χ4v) is 8.01. The molecule has 3 amide bonds. The molecule has 44 heavy (non-hydrogen) atoms. The first kappa shape index (κ1) is 28.8. The molecule has 12 heteroatoms. The Morgan fingerprint density at radius 3 is 2.91 bits per heavy atom. The van der Waals surface area contributed by atoms with Gasteiger partial charge in [-0.05, 0) is 48.1 Å². The first-order chi connectivity index (χ1) is 21.5. The van der Waals surface area contributed by atoms with Crippen LogP contribution in [0.5, 0.6) is 23.0 Å². The van der Waals surface area contributed by atoms with Crippen molar-refractivity contribution in [3.63, 3.8) is 0 Å². The standard InChI is InChI=1S/C32H36N4O7S/c37-29(4-2-1-3-28-30-23(17-44-28)34-32(39)35-30)33-8-10-40-11-12-41-25-6-5-19-13-24-21-15-27-26(42-18-43-27)14-20(21)7-9-36(24)16-22(19)31(25)38/h5-6,13-16,23,28,30H,1-4,7-12,17-18H2,(H3,33,34,35,37,39)/p+1/t23-,28-,30-/m0/s1. The van der Waals surface area contributed by atoms with Crippen LogP contribution in [0.25, 0.3) is 22.0 Å². The molecule has 3 atom stereocenters. The Morgan fingerprint density at radius 1 is 1.11 bits per heavy atom. The zero-order valence-corrected chi connectivity index (χ0v) is 25.3. The van der Waals surface area contributed by atoms with Crippen molar-refractivity contribution < 1.29 is 38.2 Å². The number of phenolic OH excluding ortho intramolecular Hbond substituents is 1. The van der Waals surface area contributed by atoms with E-state index >= 15 is 0 Å². The monoisotopic (exact) mass is 621 g/mol. The van der Waals surface area contributed by atoms with Crippen LogP contribution < -0.4 is 34.7 Å². The quantitative estimate of drug-likeness (QED) is 0.138. The number of aryl methyl sites for hydroxylation is 2. The third-order valence-corrected chi connectivity index (χ3v) is 10.2. The fraction of sp³-hybridized carbons (Fsp3) is 0.469. The number of carbonyl (C=O) groups is 2. The molecule has 0 bridgehead atoms. The number of ether oxygens (including phenoxy) is 4. The maximum absolute atomic E-state index is 12.2. The highest BCUT2D eigenvalue weighted by Crippen LogP contribution is 2.41. The molecule has 2 fully saturated rings. The number of nitrogens with zero attached hydrogens (tertiary/aromatic N) is 1. The summed E-state index contributed by atoms with van der Waals surface area (Å²) in [4.78, 5) is 23.7. The largest absolute Gasteiger partial charge is 0.504 e. The minimum Gasteiger partial charge on any atom is -0.504 e. The highest BCUT2D eigenvalue weighted by atomic mass is 32.2. The van der Waals surface area contributed by atoms with E-state index in [4.69, 9.17) is 18.9 Å². The number of phenols is 1. The maximum atomic E-state index is 12.2. The number of pyridine rings is 1. The minimum atomic E-state index is -0.0647. The van der Waals surface area contributed by atoms with Crippen LogP contribution in [0.2, 0.25) is 0 Å². The molecule has 2 aromatic carbocycles. The van der Waals surface area contributed by atoms with E-state index in [1.165, 1.54) is 5.56 Å². The van der Waals surface area contributed by atoms with E-state index in [2.05, 4.69) is 32.7 Å². The van der Waals surface area contributed by atoms with Crippen molar-refractivity contribution in [1.29, 1.82) is 0 Å². The lowest BCUT2D eigenvalue weighted by atomic mass is 9.95. The van der Waals surface area contributed by atoms with Crippen LogP contribution in [0, 0.1) is 0 Å². The molecule has 5 heterocycles. The number of nitrogens with one attached hydrogen (secondary N) is 3. The second kappa shape index (κ2) is 12.6. The number of hydrogen-bond acceptors (Lipinski definition) is 8. The Bertz CT molecular complexity index is 1580. The van der Waals surface area contributed by atoms with Crippen molar-refractivity contribution in [1.82, 2.24) is 16.0 Å². The van der Waals surface area contributed by atoms with Crippen molar-refractivity contribution in [2.45, 2.75) is 56.0 Å². The molecule has 11 nitrogen and oxygen atoms in total. The highest BCUT2D eigenvalue weighted by molar-refractivity contribution is 8.00. The summed E-state index contributed by atoms with van der Waals surface area (Å²) in [6.07, 6.45) is 6.12. The number of benzene rings is 2. The van der Waals surface area contributed by atoms with Gasteiger partial charge in [-0.1, -0.05) is 6.42 Å². The highest BCUT2D eigenvalue weighted by Gasteiger charge is 2.42. The van der Waals surface area contributed by atoms with Gasteiger partial charge >= 0.3 is 6.03 Å². The normalized spacial score (nSPS) is 20.9. The topological polar surface area (TPSA) is 131 Å². The van der Waals surface area contributed by atoms with E-state index in [9.17, 15) is 14.7 Å². The molecule has 2 saturated heterocycles. The Balaban J connectivity index is 0.822. The Kier molecular flexibility index (Phi) is 8.26. The second-order valence-electron chi connectivity index (χ2n) is 11.6. The summed E-state index contributed by atoms with van der Waals surface area (Å²) in [5.74, 6) is 3.05. The molecule has 0 radical (unpaired) electrons. The van der Waals surface area contributed by atoms with E-state index in [0.29, 0.717) is 37.2 Å². The van der Waals surface area contributed by atoms with Gasteiger partial charge in [-0.15, -0.1) is 0 Å². The number of carbonyl (C=O) groups excluding carboxylic acids is 2. The number of thioether (sulfide) groups is 1. The Hall–Kier alpha value is -3.90. The van der Waals surface area contributed by atoms with Crippen molar-refractivity contribution >= 4 is 34.5 Å². The Morgan fingerprint density at radius 2 is 2.00 bits per heavy atom. The smallest absolute Gasteiger partial charge is 0.315 e. The number of hydrogen-bond donors (Lipinski definition) is 4. The average Bonchev–Trinajstić information content (AvgIpc) is 3.74. The summed E-state index contributed by atoms with van der Waals surface area (Å²) < 4.78 is 24.8. The van der Waals surface area contributed by atoms with Gasteiger partial charge in [0, 0.05) is 36.5 Å². The van der Waals surface area contributed by atoms with Crippen LogP contribution in [0.3, 0.4) is 0 Å². The molecule has 0 spiro atoms. The maximum Gasteiger partial charge on any atom is 0.315 e. The van der Waals surface area contributed by atoms with Crippen LogP contribution in [0.1, 0.15) is 31.2 Å². The zero-order valence-electron chi connectivity index (χ0n) is 24.4. The predicted octanol–water partition coefficient (Wildman–Crippen LogP) is 3.02. The van der Waals surface area contributed by atoms with Gasteiger partial charge in [0.2, 0.25) is 18.4 Å². The summed E-state index contributed by atoms with van der Waals surface area (Å²) in [6.45, 7) is 2.49. The van der Waals surface area contributed by atoms with Crippen LogP contribution >= 0.6 is 11.8 Å². The van der Waals surface area contributed by atoms with Gasteiger partial charge < -0.3 is 40.0 Å². The lowest BCUT2D eigenvalue weighted by molar-refractivity contribution is -0.686. The average molecular weight is 622 g/mol. The van der Waals surface area contributed by atoms with Gasteiger partial charge in [0.05, 0.1) is 36.2 Å². The number of aromatic nitrogens is 1. The molecular formula is C32H37N4O7S+. The summed E-state index contributed by atoms with van der Waals surface area (Å²) in [5, 5.41) is 21.9. The summed E-state index contributed by atoms with van der Waals surface area (Å²) in [6, 6.07) is 10.3. The number of aromatic hydroxyl groups is 1. The van der Waals surface area contributed by atoms with E-state index in [0.717, 1.165) is 71.5 Å². The first-order valence-electron chi connectivity index (χ1n) is 15.3. The van der Waals surface area contributed by atoms with Gasteiger partial charge in [0.1, 0.15) is 6.61 Å². The van der Waals surface area contributed by atoms with Crippen LogP contribution in [-0.2, 0) is 22.5 Å². The summed E-state index contributed by atoms with van der Waals surface area (Å²) >= 11 is 1.90. The number of urea groups is 1. The molecule has 4 aliphatic heterocycles. The van der Waals surface area contributed by atoms with Crippen LogP contribution in [-0.4, -0.2) is 73.3 Å². The predicted molar refractivity (Wildman–Crippen MR) is 164 cm³/mol. The molecule has 0 saturated carbocycles. The van der Waals surface area contributed by atoms with Gasteiger partial charge in [-0.2, -0.15) is 16.3 Å². The van der Waals surface area contributed by atoms with E-state index in [1.54, 1.807) is 6.07 Å². The van der Waals surface area contributed by atoms with Crippen LogP contribution in [0.4, 0.5) is 4.79 Å². The van der Waals surface area contributed by atoms with Gasteiger partial charge in [0.15, 0.2) is 35.7 Å². The third kappa shape index (κ3) is 5.92. The zero-order chi connectivity index (χ0) is 30.0. The molecule has 7 rings (SSSR count). The van der Waals surface area contributed by atoms with Gasteiger partial charge in [0.25, 0.3) is 0 Å². The van der Waals surface area contributed by atoms with Crippen molar-refractivity contribution in [3.05, 3.63) is 42.1 Å². The molecule has 4 aliphatic rings. The summed E-state index contributed by atoms with van der Waals surface area (Å²) in [7, 11) is 0. The summed E-state index contributed by atoms with van der Waals surface area (Å²) in [5.41, 5.74) is 3.42. The van der Waals surface area contributed by atoms with Gasteiger partial charge in [-0.3, -0.25) is 4.79 Å². The lowest BCUT2D eigenvalue weighted by Gasteiger charge is -2.17. The van der Waals surface area contributed by atoms with Crippen LogP contribution in [0.15, 0.2) is 36.5 Å². The van der Waals surface area contributed by atoms with E-state index < -0.39 is 0 Å². The Labute approximate surface area is 259 Å². The number of unbranched alkanes of at least 4 members (excludes halogenated alkanes) is 1.